The Morgan fingerprint density at radius 2 is 1.60 bits per heavy atom. The monoisotopic (exact) mass is 399 g/mol. The second-order valence-electron chi connectivity index (χ2n) is 6.55. The number of nitriles is 1. The van der Waals surface area contributed by atoms with Crippen LogP contribution in [0.1, 0.15) is 23.0 Å². The van der Waals surface area contributed by atoms with Crippen molar-refractivity contribution in [2.45, 2.75) is 12.7 Å². The fourth-order valence-corrected chi connectivity index (χ4v) is 2.84. The van der Waals surface area contributed by atoms with E-state index in [4.69, 9.17) is 14.7 Å². The largest absolute Gasteiger partial charge is 0.462 e. The zero-order valence-electron chi connectivity index (χ0n) is 16.3. The van der Waals surface area contributed by atoms with Gasteiger partial charge in [0.05, 0.1) is 18.2 Å². The van der Waals surface area contributed by atoms with E-state index in [1.165, 1.54) is 0 Å². The fourth-order valence-electron chi connectivity index (χ4n) is 2.84. The van der Waals surface area contributed by atoms with Crippen LogP contribution in [0.3, 0.4) is 0 Å². The van der Waals surface area contributed by atoms with Gasteiger partial charge < -0.3 is 14.6 Å². The molecule has 3 rings (SSSR count). The molecule has 0 spiro atoms. The maximum absolute atomic E-state index is 11.0. The number of esters is 1. The first-order valence-corrected chi connectivity index (χ1v) is 9.42. The van der Waals surface area contributed by atoms with Gasteiger partial charge in [-0.2, -0.15) is 5.26 Å². The minimum atomic E-state index is -1.10. The summed E-state index contributed by atoms with van der Waals surface area (Å²) in [5.41, 5.74) is 4.21. The highest BCUT2D eigenvalue weighted by atomic mass is 16.6. The second kappa shape index (κ2) is 10.1. The lowest BCUT2D eigenvalue weighted by Gasteiger charge is -2.15. The number of rotatable bonds is 8. The highest BCUT2D eigenvalue weighted by molar-refractivity contribution is 5.81. The van der Waals surface area contributed by atoms with Crippen LogP contribution < -0.4 is 4.74 Å². The van der Waals surface area contributed by atoms with E-state index in [2.05, 4.69) is 12.6 Å². The maximum Gasteiger partial charge on any atom is 0.330 e. The van der Waals surface area contributed by atoms with Gasteiger partial charge in [0.25, 0.3) is 0 Å². The quantitative estimate of drug-likeness (QED) is 0.341. The van der Waals surface area contributed by atoms with Crippen molar-refractivity contribution in [1.82, 2.24) is 0 Å². The number of aliphatic hydroxyl groups excluding tert-OH is 1. The minimum Gasteiger partial charge on any atom is -0.462 e. The average molecular weight is 399 g/mol. The van der Waals surface area contributed by atoms with Gasteiger partial charge in [0.1, 0.15) is 5.75 Å². The smallest absolute Gasteiger partial charge is 0.330 e. The topological polar surface area (TPSA) is 79.6 Å². The van der Waals surface area contributed by atoms with Crippen molar-refractivity contribution < 1.29 is 19.4 Å². The van der Waals surface area contributed by atoms with Crippen molar-refractivity contribution in [3.63, 3.8) is 0 Å². The molecule has 1 N–H and O–H groups in total. The average Bonchev–Trinajstić information content (AvgIpc) is 2.80. The van der Waals surface area contributed by atoms with Crippen molar-refractivity contribution in [3.05, 3.63) is 102 Å². The summed E-state index contributed by atoms with van der Waals surface area (Å²) in [5, 5.41) is 19.2. The molecule has 0 aromatic heterocycles. The van der Waals surface area contributed by atoms with E-state index < -0.39 is 12.3 Å². The Kier molecular flexibility index (Phi) is 6.99. The van der Waals surface area contributed by atoms with E-state index in [-0.39, 0.29) is 6.61 Å². The molecule has 0 fully saturated rings. The molecule has 5 nitrogen and oxygen atoms in total. The number of carbonyl (C=O) groups is 1. The number of ether oxygens (including phenoxy) is 2. The van der Waals surface area contributed by atoms with Crippen LogP contribution in [0.4, 0.5) is 0 Å². The third-order valence-corrected chi connectivity index (χ3v) is 4.52. The van der Waals surface area contributed by atoms with Crippen molar-refractivity contribution in [1.29, 1.82) is 5.26 Å². The molecular weight excluding hydrogens is 378 g/mol. The van der Waals surface area contributed by atoms with Crippen molar-refractivity contribution in [3.8, 4) is 22.9 Å². The molecule has 30 heavy (non-hydrogen) atoms. The van der Waals surface area contributed by atoms with Crippen LogP contribution in [0, 0.1) is 11.3 Å². The Morgan fingerprint density at radius 3 is 2.17 bits per heavy atom. The van der Waals surface area contributed by atoms with E-state index in [1.54, 1.807) is 36.4 Å². The number of hydrogen-bond acceptors (Lipinski definition) is 5. The fraction of sp³-hybridized carbons (Fsp3) is 0.120. The number of carbonyl (C=O) groups excluding carboxylic acids is 1. The van der Waals surface area contributed by atoms with Gasteiger partial charge in [-0.05, 0) is 41.0 Å². The number of hydrogen-bond donors (Lipinski definition) is 1. The van der Waals surface area contributed by atoms with E-state index in [0.29, 0.717) is 23.3 Å². The van der Waals surface area contributed by atoms with Crippen molar-refractivity contribution >= 4 is 5.97 Å². The van der Waals surface area contributed by atoms with Crippen LogP contribution >= 0.6 is 0 Å². The van der Waals surface area contributed by atoms with Gasteiger partial charge in [-0.15, -0.1) is 0 Å². The number of aliphatic hydroxyl groups is 1. The first-order valence-electron chi connectivity index (χ1n) is 9.42. The third-order valence-electron chi connectivity index (χ3n) is 4.52. The molecule has 0 saturated heterocycles. The predicted molar refractivity (Wildman–Crippen MR) is 113 cm³/mol. The summed E-state index contributed by atoms with van der Waals surface area (Å²) in [5.74, 6) is 0.0981. The van der Waals surface area contributed by atoms with Crippen molar-refractivity contribution in [2.75, 3.05) is 6.61 Å². The summed E-state index contributed by atoms with van der Waals surface area (Å²) >= 11 is 0. The molecule has 0 amide bonds. The predicted octanol–water partition coefficient (Wildman–Crippen LogP) is 4.57. The van der Waals surface area contributed by atoms with Gasteiger partial charge in [-0.3, -0.25) is 0 Å². The zero-order chi connectivity index (χ0) is 21.3. The van der Waals surface area contributed by atoms with Crippen LogP contribution in [0.15, 0.2) is 85.5 Å². The SMILES string of the molecule is C=CC(=O)OCCc1ccc(C(O)Oc2ccc(-c3ccc(C#N)cc3)cc2)cc1. The van der Waals surface area contributed by atoms with Gasteiger partial charge >= 0.3 is 5.97 Å². The van der Waals surface area contributed by atoms with Gasteiger partial charge in [0, 0.05) is 18.1 Å². The Hall–Kier alpha value is -3.88. The van der Waals surface area contributed by atoms with Gasteiger partial charge in [0.15, 0.2) is 0 Å². The molecule has 1 unspecified atom stereocenters. The van der Waals surface area contributed by atoms with Crippen LogP contribution in [-0.4, -0.2) is 17.7 Å². The molecule has 0 radical (unpaired) electrons. The summed E-state index contributed by atoms with van der Waals surface area (Å²) in [6.07, 6.45) is 0.611. The number of benzene rings is 3. The van der Waals surface area contributed by atoms with Gasteiger partial charge in [-0.1, -0.05) is 55.1 Å². The summed E-state index contributed by atoms with van der Waals surface area (Å²) < 4.78 is 10.6. The first kappa shape index (κ1) is 20.8. The molecule has 5 heteroatoms. The molecule has 0 aliphatic rings. The highest BCUT2D eigenvalue weighted by Crippen LogP contribution is 2.25. The molecule has 0 saturated carbocycles. The van der Waals surface area contributed by atoms with Gasteiger partial charge in [-0.25, -0.2) is 4.79 Å². The van der Waals surface area contributed by atoms with Crippen molar-refractivity contribution in [2.24, 2.45) is 0 Å². The standard InChI is InChI=1S/C25H21NO4/c1-2-24(27)29-16-15-18-3-9-22(10-4-18)25(28)30-23-13-11-21(12-14-23)20-7-5-19(17-26)6-8-20/h2-14,25,28H,1,15-16H2. The normalized spacial score (nSPS) is 11.2. The third kappa shape index (κ3) is 5.57. The van der Waals surface area contributed by atoms with Crippen LogP contribution in [0.5, 0.6) is 5.75 Å². The molecule has 150 valence electrons. The molecule has 0 aliphatic carbocycles. The van der Waals surface area contributed by atoms with Crippen LogP contribution in [0.25, 0.3) is 11.1 Å². The lowest BCUT2D eigenvalue weighted by Crippen LogP contribution is -2.07. The van der Waals surface area contributed by atoms with Gasteiger partial charge in [0.2, 0.25) is 6.29 Å². The molecule has 0 heterocycles. The second-order valence-corrected chi connectivity index (χ2v) is 6.55. The Bertz CT molecular complexity index is 1030. The summed E-state index contributed by atoms with van der Waals surface area (Å²) in [6.45, 7) is 3.62. The van der Waals surface area contributed by atoms with E-state index >= 15 is 0 Å². The molecular formula is C25H21NO4. The molecule has 1 atom stereocenters. The molecule has 0 bridgehead atoms. The molecule has 0 aliphatic heterocycles. The minimum absolute atomic E-state index is 0.273. The zero-order valence-corrected chi connectivity index (χ0v) is 16.3. The Labute approximate surface area is 175 Å². The summed E-state index contributed by atoms with van der Waals surface area (Å²) in [6, 6.07) is 24.1. The van der Waals surface area contributed by atoms with E-state index in [0.717, 1.165) is 22.8 Å². The van der Waals surface area contributed by atoms with Crippen LogP contribution in [-0.2, 0) is 16.0 Å². The molecule has 3 aromatic carbocycles. The number of nitrogens with zero attached hydrogens (tertiary/aromatic N) is 1. The van der Waals surface area contributed by atoms with E-state index in [1.807, 2.05) is 36.4 Å². The summed E-state index contributed by atoms with van der Waals surface area (Å²) in [7, 11) is 0. The molecule has 3 aromatic rings. The van der Waals surface area contributed by atoms with E-state index in [9.17, 15) is 9.90 Å². The highest BCUT2D eigenvalue weighted by Gasteiger charge is 2.10. The Morgan fingerprint density at radius 1 is 1.00 bits per heavy atom. The lowest BCUT2D eigenvalue weighted by atomic mass is 10.0. The van der Waals surface area contributed by atoms with Crippen LogP contribution in [0.2, 0.25) is 0 Å². The first-order chi connectivity index (χ1) is 14.6. The maximum atomic E-state index is 11.0. The Balaban J connectivity index is 1.57. The summed E-state index contributed by atoms with van der Waals surface area (Å²) in [4.78, 5) is 11.0. The lowest BCUT2D eigenvalue weighted by molar-refractivity contribution is -0.137.